The fourth-order valence-electron chi connectivity index (χ4n) is 3.71. The maximum absolute atomic E-state index is 12.6. The van der Waals surface area contributed by atoms with Crippen LogP contribution in [0.15, 0.2) is 17.5 Å². The molecule has 0 radical (unpaired) electrons. The number of hydrogen-bond acceptors (Lipinski definition) is 5. The SMILES string of the molecule is CC1CN(CC(=O)N2CCN(C(=O)c3cccs3)CC2)CC(C)(C)O1. The van der Waals surface area contributed by atoms with Gasteiger partial charge in [0.05, 0.1) is 23.1 Å². The molecule has 0 aromatic carbocycles. The summed E-state index contributed by atoms with van der Waals surface area (Å²) in [5.41, 5.74) is -0.218. The standard InChI is InChI=1S/C18H27N3O3S/c1-14-11-19(13-18(2,3)24-14)12-16(22)20-6-8-21(9-7-20)17(23)15-5-4-10-25-15/h4-5,10,14H,6-9,11-13H2,1-3H3. The molecule has 1 atom stereocenters. The lowest BCUT2D eigenvalue weighted by atomic mass is 10.1. The van der Waals surface area contributed by atoms with Gasteiger partial charge in [0, 0.05) is 39.3 Å². The number of thiophene rings is 1. The van der Waals surface area contributed by atoms with Gasteiger partial charge in [0.25, 0.3) is 5.91 Å². The molecule has 1 aromatic heterocycles. The molecule has 0 spiro atoms. The highest BCUT2D eigenvalue weighted by Gasteiger charge is 2.33. The molecule has 6 nitrogen and oxygen atoms in total. The van der Waals surface area contributed by atoms with Gasteiger partial charge in [0.15, 0.2) is 0 Å². The average Bonchev–Trinajstić information content (AvgIpc) is 3.06. The molecule has 2 amide bonds. The molecule has 1 unspecified atom stereocenters. The lowest BCUT2D eigenvalue weighted by molar-refractivity contribution is -0.146. The summed E-state index contributed by atoms with van der Waals surface area (Å²) in [4.78, 5) is 31.7. The van der Waals surface area contributed by atoms with Crippen LogP contribution in [-0.2, 0) is 9.53 Å². The Balaban J connectivity index is 1.49. The molecular weight excluding hydrogens is 338 g/mol. The monoisotopic (exact) mass is 365 g/mol. The van der Waals surface area contributed by atoms with Crippen molar-refractivity contribution >= 4 is 23.2 Å². The summed E-state index contributed by atoms with van der Waals surface area (Å²) in [6.07, 6.45) is 0.136. The van der Waals surface area contributed by atoms with Crippen LogP contribution in [-0.4, -0.2) is 84.0 Å². The number of carbonyl (C=O) groups excluding carboxylic acids is 2. The van der Waals surface area contributed by atoms with Crippen LogP contribution in [0, 0.1) is 0 Å². The molecule has 2 aliphatic rings. The molecule has 0 aliphatic carbocycles. The van der Waals surface area contributed by atoms with E-state index < -0.39 is 0 Å². The normalized spacial score (nSPS) is 24.4. The van der Waals surface area contributed by atoms with Crippen LogP contribution in [0.1, 0.15) is 30.4 Å². The Morgan fingerprint density at radius 3 is 2.52 bits per heavy atom. The summed E-state index contributed by atoms with van der Waals surface area (Å²) in [5, 5.41) is 1.91. The first-order valence-electron chi connectivity index (χ1n) is 8.85. The molecule has 25 heavy (non-hydrogen) atoms. The second-order valence-corrected chi connectivity index (χ2v) is 8.46. The second-order valence-electron chi connectivity index (χ2n) is 7.51. The molecule has 2 aliphatic heterocycles. The third kappa shape index (κ3) is 4.59. The van der Waals surface area contributed by atoms with Gasteiger partial charge in [-0.05, 0) is 32.2 Å². The van der Waals surface area contributed by atoms with Gasteiger partial charge in [0.1, 0.15) is 0 Å². The van der Waals surface area contributed by atoms with Crippen molar-refractivity contribution in [2.45, 2.75) is 32.5 Å². The lowest BCUT2D eigenvalue weighted by Gasteiger charge is -2.42. The highest BCUT2D eigenvalue weighted by molar-refractivity contribution is 7.12. The minimum atomic E-state index is -0.218. The number of rotatable bonds is 3. The zero-order valence-corrected chi connectivity index (χ0v) is 16.1. The van der Waals surface area contributed by atoms with Gasteiger partial charge in [-0.25, -0.2) is 0 Å². The van der Waals surface area contributed by atoms with Gasteiger partial charge in [-0.1, -0.05) is 6.07 Å². The summed E-state index contributed by atoms with van der Waals surface area (Å²) >= 11 is 1.46. The maximum Gasteiger partial charge on any atom is 0.264 e. The van der Waals surface area contributed by atoms with Gasteiger partial charge < -0.3 is 14.5 Å². The molecule has 138 valence electrons. The summed E-state index contributed by atoms with van der Waals surface area (Å²) < 4.78 is 5.90. The van der Waals surface area contributed by atoms with E-state index in [9.17, 15) is 9.59 Å². The number of piperazine rings is 1. The van der Waals surface area contributed by atoms with Crippen molar-refractivity contribution < 1.29 is 14.3 Å². The van der Waals surface area contributed by atoms with Crippen LogP contribution >= 0.6 is 11.3 Å². The fourth-order valence-corrected chi connectivity index (χ4v) is 4.40. The molecule has 3 heterocycles. The van der Waals surface area contributed by atoms with Crippen molar-refractivity contribution in [1.82, 2.24) is 14.7 Å². The predicted molar refractivity (Wildman–Crippen MR) is 97.9 cm³/mol. The quantitative estimate of drug-likeness (QED) is 0.815. The Hall–Kier alpha value is -1.44. The molecule has 3 rings (SSSR count). The molecule has 0 N–H and O–H groups in total. The van der Waals surface area contributed by atoms with Gasteiger partial charge in [-0.2, -0.15) is 0 Å². The van der Waals surface area contributed by atoms with Crippen LogP contribution in [0.5, 0.6) is 0 Å². The molecule has 2 fully saturated rings. The predicted octanol–water partition coefficient (Wildman–Crippen LogP) is 1.53. The van der Waals surface area contributed by atoms with Crippen molar-refractivity contribution in [3.8, 4) is 0 Å². The van der Waals surface area contributed by atoms with Crippen molar-refractivity contribution in [3.05, 3.63) is 22.4 Å². The van der Waals surface area contributed by atoms with E-state index in [0.717, 1.165) is 18.0 Å². The van der Waals surface area contributed by atoms with Crippen LogP contribution in [0.2, 0.25) is 0 Å². The first-order chi connectivity index (χ1) is 11.8. The number of morpholine rings is 1. The Kier molecular flexibility index (Phi) is 5.46. The molecule has 0 bridgehead atoms. The fraction of sp³-hybridized carbons (Fsp3) is 0.667. The zero-order valence-electron chi connectivity index (χ0n) is 15.2. The van der Waals surface area contributed by atoms with E-state index in [0.29, 0.717) is 32.7 Å². The van der Waals surface area contributed by atoms with Crippen molar-refractivity contribution in [2.75, 3.05) is 45.8 Å². The highest BCUT2D eigenvalue weighted by atomic mass is 32.1. The van der Waals surface area contributed by atoms with E-state index in [1.807, 2.05) is 34.2 Å². The number of carbonyl (C=O) groups is 2. The Morgan fingerprint density at radius 2 is 1.92 bits per heavy atom. The summed E-state index contributed by atoms with van der Waals surface area (Å²) in [6.45, 7) is 10.6. The van der Waals surface area contributed by atoms with Crippen LogP contribution in [0.25, 0.3) is 0 Å². The molecule has 2 saturated heterocycles. The molecular formula is C18H27N3O3S. The van der Waals surface area contributed by atoms with E-state index in [2.05, 4.69) is 18.7 Å². The number of amides is 2. The van der Waals surface area contributed by atoms with E-state index in [1.54, 1.807) is 0 Å². The smallest absolute Gasteiger partial charge is 0.264 e. The van der Waals surface area contributed by atoms with Crippen LogP contribution < -0.4 is 0 Å². The largest absolute Gasteiger partial charge is 0.370 e. The third-order valence-corrected chi connectivity index (χ3v) is 5.51. The summed E-state index contributed by atoms with van der Waals surface area (Å²) in [7, 11) is 0. The Labute approximate surface area is 153 Å². The third-order valence-electron chi connectivity index (χ3n) is 4.65. The molecule has 0 saturated carbocycles. The first kappa shape index (κ1) is 18.4. The number of ether oxygens (including phenoxy) is 1. The van der Waals surface area contributed by atoms with Crippen molar-refractivity contribution in [1.29, 1.82) is 0 Å². The zero-order chi connectivity index (χ0) is 18.0. The lowest BCUT2D eigenvalue weighted by Crippen LogP contribution is -2.56. The Morgan fingerprint density at radius 1 is 1.24 bits per heavy atom. The maximum atomic E-state index is 12.6. The highest BCUT2D eigenvalue weighted by Crippen LogP contribution is 2.21. The van der Waals surface area contributed by atoms with Gasteiger partial charge in [-0.3, -0.25) is 14.5 Å². The van der Waals surface area contributed by atoms with E-state index >= 15 is 0 Å². The number of hydrogen-bond donors (Lipinski definition) is 0. The van der Waals surface area contributed by atoms with Gasteiger partial charge in [-0.15, -0.1) is 11.3 Å². The van der Waals surface area contributed by atoms with Crippen LogP contribution in [0.3, 0.4) is 0 Å². The average molecular weight is 365 g/mol. The van der Waals surface area contributed by atoms with E-state index in [1.165, 1.54) is 11.3 Å². The topological polar surface area (TPSA) is 53.1 Å². The molecule has 7 heteroatoms. The van der Waals surface area contributed by atoms with Gasteiger partial charge in [0.2, 0.25) is 5.91 Å². The number of nitrogens with zero attached hydrogens (tertiary/aromatic N) is 3. The molecule has 1 aromatic rings. The van der Waals surface area contributed by atoms with Gasteiger partial charge >= 0.3 is 0 Å². The summed E-state index contributed by atoms with van der Waals surface area (Å²) in [6, 6.07) is 3.74. The minimum Gasteiger partial charge on any atom is -0.370 e. The van der Waals surface area contributed by atoms with Crippen molar-refractivity contribution in [3.63, 3.8) is 0 Å². The second kappa shape index (κ2) is 7.43. The summed E-state index contributed by atoms with van der Waals surface area (Å²) in [5.74, 6) is 0.221. The van der Waals surface area contributed by atoms with Crippen LogP contribution in [0.4, 0.5) is 0 Å². The minimum absolute atomic E-state index is 0.0749. The van der Waals surface area contributed by atoms with E-state index in [-0.39, 0.29) is 23.5 Å². The first-order valence-corrected chi connectivity index (χ1v) is 9.73. The van der Waals surface area contributed by atoms with E-state index in [4.69, 9.17) is 4.74 Å². The Bertz CT molecular complexity index is 609. The van der Waals surface area contributed by atoms with Crippen molar-refractivity contribution in [2.24, 2.45) is 0 Å².